The summed E-state index contributed by atoms with van der Waals surface area (Å²) < 4.78 is 24.4. The summed E-state index contributed by atoms with van der Waals surface area (Å²) in [6.45, 7) is 15.8. The zero-order valence-electron chi connectivity index (χ0n) is 18.8. The zero-order chi connectivity index (χ0) is 20.2. The predicted molar refractivity (Wildman–Crippen MR) is 116 cm³/mol. The van der Waals surface area contributed by atoms with E-state index in [0.717, 1.165) is 96.9 Å². The van der Waals surface area contributed by atoms with Gasteiger partial charge in [0, 0.05) is 32.5 Å². The Balaban J connectivity index is 4.35. The van der Waals surface area contributed by atoms with Crippen LogP contribution in [-0.2, 0) is 18.0 Å². The second-order valence-corrected chi connectivity index (χ2v) is 10.1. The minimum Gasteiger partial charge on any atom is -0.379 e. The van der Waals surface area contributed by atoms with Crippen molar-refractivity contribution in [2.24, 2.45) is 0 Å². The summed E-state index contributed by atoms with van der Waals surface area (Å²) in [4.78, 5) is 0. The molecule has 27 heavy (non-hydrogen) atoms. The van der Waals surface area contributed by atoms with Gasteiger partial charge in [-0.1, -0.05) is 40.0 Å². The molecule has 0 bridgehead atoms. The fourth-order valence-electron chi connectivity index (χ4n) is 2.53. The molecule has 0 radical (unpaired) electrons. The maximum atomic E-state index is 6.28. The molecule has 0 aromatic heterocycles. The van der Waals surface area contributed by atoms with E-state index in [9.17, 15) is 0 Å². The van der Waals surface area contributed by atoms with Crippen molar-refractivity contribution in [3.05, 3.63) is 0 Å². The van der Waals surface area contributed by atoms with E-state index in [1.165, 1.54) is 0 Å². The van der Waals surface area contributed by atoms with Crippen LogP contribution in [0.4, 0.5) is 0 Å². The highest BCUT2D eigenvalue weighted by Gasteiger charge is 2.40. The lowest BCUT2D eigenvalue weighted by atomic mass is 10.4. The molecule has 1 N–H and O–H groups in total. The van der Waals surface area contributed by atoms with Crippen molar-refractivity contribution in [3.8, 4) is 0 Å². The lowest BCUT2D eigenvalue weighted by Crippen LogP contribution is -2.47. The average Bonchev–Trinajstić information content (AvgIpc) is 2.64. The van der Waals surface area contributed by atoms with Crippen LogP contribution < -0.4 is 5.32 Å². The van der Waals surface area contributed by atoms with E-state index in [-0.39, 0.29) is 0 Å². The summed E-state index contributed by atoms with van der Waals surface area (Å²) in [5, 5.41) is 3.51. The van der Waals surface area contributed by atoms with Gasteiger partial charge in [-0.05, 0) is 59.0 Å². The van der Waals surface area contributed by atoms with E-state index >= 15 is 0 Å². The van der Waals surface area contributed by atoms with Crippen molar-refractivity contribution >= 4 is 8.80 Å². The average molecular weight is 406 g/mol. The van der Waals surface area contributed by atoms with Gasteiger partial charge in [-0.25, -0.2) is 0 Å². The molecule has 0 aliphatic carbocycles. The SMILES string of the molecule is CCCCO[Si](CCCNCCCOC(C)C)(OCCCC)OCCCC. The van der Waals surface area contributed by atoms with Crippen molar-refractivity contribution in [1.82, 2.24) is 5.32 Å². The molecule has 0 saturated heterocycles. The molecule has 0 atom stereocenters. The molecule has 0 aliphatic rings. The van der Waals surface area contributed by atoms with Gasteiger partial charge in [-0.3, -0.25) is 0 Å². The molecule has 0 fully saturated rings. The van der Waals surface area contributed by atoms with Crippen molar-refractivity contribution in [2.45, 2.75) is 98.1 Å². The van der Waals surface area contributed by atoms with Crippen LogP contribution in [0.15, 0.2) is 0 Å². The summed E-state index contributed by atoms with van der Waals surface area (Å²) in [6.07, 6.45) is 9.00. The third-order valence-corrected chi connectivity index (χ3v) is 7.14. The maximum absolute atomic E-state index is 6.28. The number of ether oxygens (including phenoxy) is 1. The van der Waals surface area contributed by atoms with E-state index in [0.29, 0.717) is 6.10 Å². The molecule has 0 rings (SSSR count). The Morgan fingerprint density at radius 1 is 0.667 bits per heavy atom. The Hall–Kier alpha value is 0.0169. The van der Waals surface area contributed by atoms with Crippen LogP contribution in [-0.4, -0.2) is 54.4 Å². The van der Waals surface area contributed by atoms with Crippen LogP contribution in [0.3, 0.4) is 0 Å². The van der Waals surface area contributed by atoms with Crippen molar-refractivity contribution in [2.75, 3.05) is 39.5 Å². The van der Waals surface area contributed by atoms with Crippen molar-refractivity contribution < 1.29 is 18.0 Å². The highest BCUT2D eigenvalue weighted by Crippen LogP contribution is 2.20. The van der Waals surface area contributed by atoms with E-state index in [4.69, 9.17) is 18.0 Å². The highest BCUT2D eigenvalue weighted by atomic mass is 28.4. The maximum Gasteiger partial charge on any atom is 0.501 e. The number of rotatable bonds is 21. The predicted octanol–water partition coefficient (Wildman–Crippen LogP) is 5.17. The number of hydrogen-bond donors (Lipinski definition) is 1. The van der Waals surface area contributed by atoms with Crippen molar-refractivity contribution in [1.29, 1.82) is 0 Å². The van der Waals surface area contributed by atoms with Gasteiger partial charge in [0.25, 0.3) is 0 Å². The molecule has 0 heterocycles. The van der Waals surface area contributed by atoms with Gasteiger partial charge in [0.1, 0.15) is 0 Å². The Morgan fingerprint density at radius 3 is 1.59 bits per heavy atom. The molecule has 0 unspecified atom stereocenters. The van der Waals surface area contributed by atoms with Gasteiger partial charge in [0.15, 0.2) is 0 Å². The minimum absolute atomic E-state index is 0.317. The zero-order valence-corrected chi connectivity index (χ0v) is 19.8. The Morgan fingerprint density at radius 2 is 1.15 bits per heavy atom. The summed E-state index contributed by atoms with van der Waals surface area (Å²) >= 11 is 0. The van der Waals surface area contributed by atoms with Crippen LogP contribution >= 0.6 is 0 Å². The van der Waals surface area contributed by atoms with Gasteiger partial charge in [0.05, 0.1) is 6.10 Å². The standard InChI is InChI=1S/C21H47NO4Si/c1-6-9-17-24-27(25-18-10-7-2,26-19-11-8-3)20-13-15-22-14-12-16-23-21(4)5/h21-22H,6-20H2,1-5H3. The highest BCUT2D eigenvalue weighted by molar-refractivity contribution is 6.60. The molecular formula is C21H47NO4Si. The van der Waals surface area contributed by atoms with Crippen LogP contribution in [0.1, 0.15) is 86.0 Å². The summed E-state index contributed by atoms with van der Waals surface area (Å²) in [6, 6.07) is 0.902. The summed E-state index contributed by atoms with van der Waals surface area (Å²) in [5.74, 6) is 0. The number of hydrogen-bond acceptors (Lipinski definition) is 5. The molecule has 0 aliphatic heterocycles. The minimum atomic E-state index is -2.56. The number of nitrogens with one attached hydrogen (secondary N) is 1. The van der Waals surface area contributed by atoms with Crippen LogP contribution in [0.5, 0.6) is 0 Å². The van der Waals surface area contributed by atoms with Gasteiger partial charge >= 0.3 is 8.80 Å². The molecule has 5 nitrogen and oxygen atoms in total. The molecular weight excluding hydrogens is 358 g/mol. The quantitative estimate of drug-likeness (QED) is 0.211. The number of unbranched alkanes of at least 4 members (excludes halogenated alkanes) is 3. The lowest BCUT2D eigenvalue weighted by molar-refractivity contribution is 0.0557. The molecule has 6 heteroatoms. The van der Waals surface area contributed by atoms with Crippen LogP contribution in [0.2, 0.25) is 6.04 Å². The molecule has 0 aromatic rings. The Labute approximate surface area is 170 Å². The topological polar surface area (TPSA) is 49.0 Å². The first-order valence-electron chi connectivity index (χ1n) is 11.3. The van der Waals surface area contributed by atoms with E-state index in [1.54, 1.807) is 0 Å². The molecule has 0 spiro atoms. The van der Waals surface area contributed by atoms with Gasteiger partial charge in [-0.2, -0.15) is 0 Å². The van der Waals surface area contributed by atoms with Crippen molar-refractivity contribution in [3.63, 3.8) is 0 Å². The summed E-state index contributed by atoms with van der Waals surface area (Å²) in [5.41, 5.74) is 0. The smallest absolute Gasteiger partial charge is 0.379 e. The van der Waals surface area contributed by atoms with E-state index in [1.807, 2.05) is 0 Å². The second-order valence-electron chi connectivity index (χ2n) is 7.42. The Bertz CT molecular complexity index is 279. The normalized spacial score (nSPS) is 12.2. The fraction of sp³-hybridized carbons (Fsp3) is 1.00. The second kappa shape index (κ2) is 19.3. The van der Waals surface area contributed by atoms with Crippen LogP contribution in [0, 0.1) is 0 Å². The monoisotopic (exact) mass is 405 g/mol. The van der Waals surface area contributed by atoms with Crippen LogP contribution in [0.25, 0.3) is 0 Å². The molecule has 164 valence electrons. The van der Waals surface area contributed by atoms with Gasteiger partial charge in [0.2, 0.25) is 0 Å². The lowest BCUT2D eigenvalue weighted by Gasteiger charge is -2.30. The third-order valence-electron chi connectivity index (χ3n) is 4.25. The first-order chi connectivity index (χ1) is 13.1. The fourth-order valence-corrected chi connectivity index (χ4v) is 5.19. The first-order valence-corrected chi connectivity index (χ1v) is 13.3. The largest absolute Gasteiger partial charge is 0.501 e. The van der Waals surface area contributed by atoms with E-state index < -0.39 is 8.80 Å². The van der Waals surface area contributed by atoms with Gasteiger partial charge < -0.3 is 23.3 Å². The molecule has 0 aromatic carbocycles. The molecule has 0 saturated carbocycles. The summed E-state index contributed by atoms with van der Waals surface area (Å²) in [7, 11) is -2.56. The van der Waals surface area contributed by atoms with E-state index in [2.05, 4.69) is 39.9 Å². The molecule has 0 amide bonds. The van der Waals surface area contributed by atoms with Gasteiger partial charge in [-0.15, -0.1) is 0 Å². The Kier molecular flexibility index (Phi) is 19.4. The third kappa shape index (κ3) is 16.7. The first kappa shape index (κ1) is 27.0.